The van der Waals surface area contributed by atoms with Gasteiger partial charge in [-0.2, -0.15) is 18.3 Å². The second-order valence-corrected chi connectivity index (χ2v) is 5.99. The molecule has 0 radical (unpaired) electrons. The lowest BCUT2D eigenvalue weighted by atomic mass is 9.83. The molecular formula is C13H14F6N2O. The van der Waals surface area contributed by atoms with Crippen molar-refractivity contribution in [2.45, 2.75) is 56.6 Å². The van der Waals surface area contributed by atoms with Gasteiger partial charge in [-0.3, -0.25) is 4.68 Å². The van der Waals surface area contributed by atoms with Crippen LogP contribution in [0.3, 0.4) is 0 Å². The van der Waals surface area contributed by atoms with E-state index in [2.05, 4.69) is 5.10 Å². The summed E-state index contributed by atoms with van der Waals surface area (Å²) in [6.45, 7) is 0.0527. The minimum Gasteiger partial charge on any atom is -0.382 e. The van der Waals surface area contributed by atoms with Crippen molar-refractivity contribution in [3.05, 3.63) is 17.0 Å². The van der Waals surface area contributed by atoms with E-state index in [0.29, 0.717) is 0 Å². The van der Waals surface area contributed by atoms with E-state index in [1.165, 1.54) is 0 Å². The summed E-state index contributed by atoms with van der Waals surface area (Å²) in [5.74, 6) is -3.76. The molecule has 0 bridgehead atoms. The summed E-state index contributed by atoms with van der Waals surface area (Å²) in [7, 11) is 0. The Bertz CT molecular complexity index is 576. The van der Waals surface area contributed by atoms with E-state index in [0.717, 1.165) is 4.68 Å². The number of hydrogen-bond donors (Lipinski definition) is 1. The van der Waals surface area contributed by atoms with Gasteiger partial charge in [-0.15, -0.1) is 0 Å². The molecule has 1 atom stereocenters. The molecule has 0 unspecified atom stereocenters. The normalized spacial score (nSPS) is 30.8. The monoisotopic (exact) mass is 328 g/mol. The van der Waals surface area contributed by atoms with Crippen LogP contribution in [-0.2, 0) is 19.1 Å². The first-order valence-electron chi connectivity index (χ1n) is 6.96. The Balaban J connectivity index is 1.99. The Labute approximate surface area is 121 Å². The first kappa shape index (κ1) is 15.6. The fourth-order valence-corrected chi connectivity index (χ4v) is 3.10. The molecule has 0 saturated heterocycles. The zero-order valence-corrected chi connectivity index (χ0v) is 11.4. The number of aliphatic hydroxyl groups is 1. The van der Waals surface area contributed by atoms with E-state index in [-0.39, 0.29) is 37.4 Å². The van der Waals surface area contributed by atoms with Crippen LogP contribution >= 0.6 is 0 Å². The SMILES string of the molecule is O[C@H]1c2c(C(F)(F)F)nn(C[C@H]3C[C@H](F)C3)c2CCC1(F)F. The minimum atomic E-state index is -4.92. The van der Waals surface area contributed by atoms with Gasteiger partial charge < -0.3 is 5.11 Å². The third-order valence-corrected chi connectivity index (χ3v) is 4.34. The third kappa shape index (κ3) is 2.49. The fourth-order valence-electron chi connectivity index (χ4n) is 3.10. The van der Waals surface area contributed by atoms with E-state index in [1.54, 1.807) is 0 Å². The molecule has 1 heterocycles. The van der Waals surface area contributed by atoms with Crippen LogP contribution in [0.25, 0.3) is 0 Å². The van der Waals surface area contributed by atoms with E-state index >= 15 is 0 Å². The molecule has 1 fully saturated rings. The maximum Gasteiger partial charge on any atom is 0.435 e. The van der Waals surface area contributed by atoms with Gasteiger partial charge in [-0.1, -0.05) is 0 Å². The fraction of sp³-hybridized carbons (Fsp3) is 0.769. The van der Waals surface area contributed by atoms with Gasteiger partial charge in [0.1, 0.15) is 12.3 Å². The molecule has 1 N–H and O–H groups in total. The van der Waals surface area contributed by atoms with Gasteiger partial charge in [-0.05, 0) is 25.2 Å². The molecule has 2 aliphatic rings. The highest BCUT2D eigenvalue weighted by Gasteiger charge is 2.51. The van der Waals surface area contributed by atoms with Crippen LogP contribution in [0.2, 0.25) is 0 Å². The van der Waals surface area contributed by atoms with Gasteiger partial charge in [0.15, 0.2) is 5.69 Å². The molecule has 124 valence electrons. The van der Waals surface area contributed by atoms with Gasteiger partial charge in [0.2, 0.25) is 0 Å². The number of aliphatic hydroxyl groups excluding tert-OH is 1. The lowest BCUT2D eigenvalue weighted by Crippen LogP contribution is -2.34. The zero-order valence-electron chi connectivity index (χ0n) is 11.4. The van der Waals surface area contributed by atoms with Gasteiger partial charge in [0, 0.05) is 24.2 Å². The molecule has 1 aromatic heterocycles. The van der Waals surface area contributed by atoms with Gasteiger partial charge in [0.25, 0.3) is 5.92 Å². The summed E-state index contributed by atoms with van der Waals surface area (Å²) >= 11 is 0. The number of fused-ring (bicyclic) bond motifs is 1. The molecular weight excluding hydrogens is 314 g/mol. The van der Waals surface area contributed by atoms with Gasteiger partial charge in [-0.25, -0.2) is 13.2 Å². The molecule has 0 aromatic carbocycles. The number of nitrogens with zero attached hydrogens (tertiary/aromatic N) is 2. The van der Waals surface area contributed by atoms with Crippen LogP contribution in [0.1, 0.15) is 42.3 Å². The largest absolute Gasteiger partial charge is 0.435 e. The van der Waals surface area contributed by atoms with Crippen molar-refractivity contribution < 1.29 is 31.4 Å². The lowest BCUT2D eigenvalue weighted by molar-refractivity contribution is -0.150. The Morgan fingerprint density at radius 3 is 2.45 bits per heavy atom. The Morgan fingerprint density at radius 1 is 1.27 bits per heavy atom. The van der Waals surface area contributed by atoms with Crippen LogP contribution in [-0.4, -0.2) is 27.0 Å². The highest BCUT2D eigenvalue weighted by atomic mass is 19.4. The molecule has 0 spiro atoms. The summed E-state index contributed by atoms with van der Waals surface area (Å²) in [4.78, 5) is 0. The zero-order chi connectivity index (χ0) is 16.3. The van der Waals surface area contributed by atoms with Crippen molar-refractivity contribution in [2.24, 2.45) is 5.92 Å². The molecule has 3 nitrogen and oxygen atoms in total. The maximum atomic E-state index is 13.5. The molecule has 22 heavy (non-hydrogen) atoms. The molecule has 1 aromatic rings. The third-order valence-electron chi connectivity index (χ3n) is 4.34. The predicted molar refractivity (Wildman–Crippen MR) is 63.1 cm³/mol. The minimum absolute atomic E-state index is 0.0203. The molecule has 0 aliphatic heterocycles. The molecule has 9 heteroatoms. The number of alkyl halides is 6. The quantitative estimate of drug-likeness (QED) is 0.846. The van der Waals surface area contributed by atoms with Crippen molar-refractivity contribution in [3.8, 4) is 0 Å². The number of aromatic nitrogens is 2. The van der Waals surface area contributed by atoms with Gasteiger partial charge in [0.05, 0.1) is 0 Å². The Morgan fingerprint density at radius 2 is 1.91 bits per heavy atom. The average molecular weight is 328 g/mol. The first-order chi connectivity index (χ1) is 10.1. The number of hydrogen-bond acceptors (Lipinski definition) is 2. The van der Waals surface area contributed by atoms with Crippen molar-refractivity contribution in [3.63, 3.8) is 0 Å². The Kier molecular flexibility index (Phi) is 3.46. The second kappa shape index (κ2) is 4.87. The van der Waals surface area contributed by atoms with Crippen molar-refractivity contribution in [2.75, 3.05) is 0 Å². The lowest BCUT2D eigenvalue weighted by Gasteiger charge is -2.31. The van der Waals surface area contributed by atoms with Crippen LogP contribution in [0.4, 0.5) is 26.3 Å². The highest BCUT2D eigenvalue weighted by molar-refractivity contribution is 5.35. The first-order valence-corrected chi connectivity index (χ1v) is 6.96. The summed E-state index contributed by atoms with van der Waals surface area (Å²) < 4.78 is 80.0. The number of rotatable bonds is 2. The molecule has 0 amide bonds. The van der Waals surface area contributed by atoms with E-state index < -0.39 is 42.1 Å². The van der Waals surface area contributed by atoms with Crippen LogP contribution in [0.15, 0.2) is 0 Å². The standard InChI is InChI=1S/C13H14F6N2O/c14-7-3-6(4-7)5-21-8-1-2-12(15,16)11(22)9(8)10(20-21)13(17,18)19/h6-7,11,22H,1-5H2/t6-,7-,11-/m0/s1. The Hall–Kier alpha value is -1.25. The van der Waals surface area contributed by atoms with Crippen molar-refractivity contribution in [1.82, 2.24) is 9.78 Å². The van der Waals surface area contributed by atoms with Crippen LogP contribution in [0, 0.1) is 5.92 Å². The summed E-state index contributed by atoms with van der Waals surface area (Å²) in [6, 6.07) is 0. The topological polar surface area (TPSA) is 38.1 Å². The summed E-state index contributed by atoms with van der Waals surface area (Å²) in [5, 5.41) is 13.0. The number of halogens is 6. The molecule has 2 aliphatic carbocycles. The van der Waals surface area contributed by atoms with E-state index in [4.69, 9.17) is 0 Å². The maximum absolute atomic E-state index is 13.5. The average Bonchev–Trinajstić information content (AvgIpc) is 2.71. The van der Waals surface area contributed by atoms with Crippen LogP contribution < -0.4 is 0 Å². The van der Waals surface area contributed by atoms with Crippen LogP contribution in [0.5, 0.6) is 0 Å². The highest BCUT2D eigenvalue weighted by Crippen LogP contribution is 2.47. The van der Waals surface area contributed by atoms with Gasteiger partial charge >= 0.3 is 6.18 Å². The van der Waals surface area contributed by atoms with Crippen molar-refractivity contribution >= 4 is 0 Å². The van der Waals surface area contributed by atoms with Crippen molar-refractivity contribution in [1.29, 1.82) is 0 Å². The predicted octanol–water partition coefficient (Wildman–Crippen LogP) is 3.26. The van der Waals surface area contributed by atoms with E-state index in [1.807, 2.05) is 0 Å². The summed E-state index contributed by atoms with van der Waals surface area (Å²) in [6.07, 6.45) is -8.98. The summed E-state index contributed by atoms with van der Waals surface area (Å²) in [5.41, 5.74) is -2.32. The molecule has 1 saturated carbocycles. The second-order valence-electron chi connectivity index (χ2n) is 5.99. The molecule has 3 rings (SSSR count). The van der Waals surface area contributed by atoms with E-state index in [9.17, 15) is 31.4 Å². The smallest absolute Gasteiger partial charge is 0.382 e.